The first-order chi connectivity index (χ1) is 11.9. The fourth-order valence-corrected chi connectivity index (χ4v) is 4.17. The van der Waals surface area contributed by atoms with Gasteiger partial charge >= 0.3 is 0 Å². The van der Waals surface area contributed by atoms with Crippen molar-refractivity contribution in [2.75, 3.05) is 6.26 Å². The summed E-state index contributed by atoms with van der Waals surface area (Å²) in [7, 11) is -3.31. The van der Waals surface area contributed by atoms with E-state index in [2.05, 4.69) is 4.98 Å². The summed E-state index contributed by atoms with van der Waals surface area (Å²) in [5.41, 5.74) is 3.03. The number of fused-ring (bicyclic) bond motifs is 1. The zero-order valence-corrected chi connectivity index (χ0v) is 14.9. The SMILES string of the molecule is CS(=O)(=O)c1cccc(-c2c(-c3cccc(O)c3)nc3sccn23)c1. The lowest BCUT2D eigenvalue weighted by molar-refractivity contribution is 0.475. The maximum absolute atomic E-state index is 11.9. The number of phenols is 1. The van der Waals surface area contributed by atoms with Gasteiger partial charge in [0.05, 0.1) is 16.3 Å². The fourth-order valence-electron chi connectivity index (χ4n) is 2.79. The van der Waals surface area contributed by atoms with Crippen LogP contribution in [0.1, 0.15) is 0 Å². The Balaban J connectivity index is 2.01. The van der Waals surface area contributed by atoms with Gasteiger partial charge in [0, 0.05) is 29.0 Å². The maximum atomic E-state index is 11.9. The van der Waals surface area contributed by atoms with Gasteiger partial charge < -0.3 is 5.11 Å². The highest BCUT2D eigenvalue weighted by Crippen LogP contribution is 2.35. The van der Waals surface area contributed by atoms with Crippen molar-refractivity contribution in [3.8, 4) is 28.3 Å². The highest BCUT2D eigenvalue weighted by atomic mass is 32.2. The molecule has 0 aliphatic heterocycles. The summed E-state index contributed by atoms with van der Waals surface area (Å²) in [4.78, 5) is 5.74. The Kier molecular flexibility index (Phi) is 3.63. The third-order valence-electron chi connectivity index (χ3n) is 3.92. The molecule has 0 saturated heterocycles. The minimum atomic E-state index is -3.31. The Morgan fingerprint density at radius 2 is 1.84 bits per heavy atom. The van der Waals surface area contributed by atoms with Crippen LogP contribution in [0.4, 0.5) is 0 Å². The van der Waals surface area contributed by atoms with Crippen molar-refractivity contribution in [1.82, 2.24) is 9.38 Å². The monoisotopic (exact) mass is 370 g/mol. The maximum Gasteiger partial charge on any atom is 0.194 e. The van der Waals surface area contributed by atoms with E-state index in [0.717, 1.165) is 21.8 Å². The molecule has 1 N–H and O–H groups in total. The Bertz CT molecular complexity index is 1190. The zero-order valence-electron chi connectivity index (χ0n) is 13.2. The smallest absolute Gasteiger partial charge is 0.194 e. The van der Waals surface area contributed by atoms with Crippen LogP contribution in [0.15, 0.2) is 65.0 Å². The zero-order chi connectivity index (χ0) is 17.6. The van der Waals surface area contributed by atoms with Crippen LogP contribution >= 0.6 is 11.3 Å². The second kappa shape index (κ2) is 5.72. The molecule has 0 radical (unpaired) electrons. The molecule has 7 heteroatoms. The number of thiazole rings is 1. The summed E-state index contributed by atoms with van der Waals surface area (Å²) < 4.78 is 25.8. The number of hydrogen-bond acceptors (Lipinski definition) is 5. The summed E-state index contributed by atoms with van der Waals surface area (Å²) in [5.74, 6) is 0.157. The van der Waals surface area contributed by atoms with Crippen molar-refractivity contribution in [2.45, 2.75) is 4.90 Å². The topological polar surface area (TPSA) is 71.7 Å². The first-order valence-electron chi connectivity index (χ1n) is 7.49. The van der Waals surface area contributed by atoms with Gasteiger partial charge in [0.25, 0.3) is 0 Å². The van der Waals surface area contributed by atoms with Gasteiger partial charge in [-0.2, -0.15) is 0 Å². The molecule has 25 heavy (non-hydrogen) atoms. The number of hydrogen-bond donors (Lipinski definition) is 1. The van der Waals surface area contributed by atoms with Gasteiger partial charge in [-0.05, 0) is 24.3 Å². The average Bonchev–Trinajstić information content (AvgIpc) is 3.14. The van der Waals surface area contributed by atoms with Gasteiger partial charge in [0.1, 0.15) is 5.75 Å². The fraction of sp³-hybridized carbons (Fsp3) is 0.0556. The van der Waals surface area contributed by atoms with Crippen LogP contribution in [0, 0.1) is 0 Å². The van der Waals surface area contributed by atoms with Crippen molar-refractivity contribution in [3.05, 3.63) is 60.1 Å². The van der Waals surface area contributed by atoms with E-state index in [1.54, 1.807) is 36.4 Å². The summed E-state index contributed by atoms with van der Waals surface area (Å²) in [6.07, 6.45) is 3.10. The van der Waals surface area contributed by atoms with Crippen molar-refractivity contribution in [2.24, 2.45) is 0 Å². The average molecular weight is 370 g/mol. The van der Waals surface area contributed by atoms with Gasteiger partial charge in [0.2, 0.25) is 0 Å². The second-order valence-corrected chi connectivity index (χ2v) is 8.60. The molecule has 0 spiro atoms. The molecule has 0 atom stereocenters. The molecule has 0 fully saturated rings. The molecule has 2 heterocycles. The molecule has 0 amide bonds. The van der Waals surface area contributed by atoms with E-state index in [1.807, 2.05) is 28.1 Å². The molecule has 126 valence electrons. The minimum Gasteiger partial charge on any atom is -0.508 e. The van der Waals surface area contributed by atoms with Crippen LogP contribution in [0.3, 0.4) is 0 Å². The third kappa shape index (κ3) is 2.81. The number of phenolic OH excluding ortho intramolecular Hbond substituents is 1. The molecule has 0 bridgehead atoms. The van der Waals surface area contributed by atoms with E-state index < -0.39 is 9.84 Å². The largest absolute Gasteiger partial charge is 0.508 e. The van der Waals surface area contributed by atoms with E-state index >= 15 is 0 Å². The highest BCUT2D eigenvalue weighted by Gasteiger charge is 2.18. The van der Waals surface area contributed by atoms with E-state index in [0.29, 0.717) is 5.69 Å². The van der Waals surface area contributed by atoms with E-state index in [4.69, 9.17) is 0 Å². The Morgan fingerprint density at radius 3 is 2.60 bits per heavy atom. The quantitative estimate of drug-likeness (QED) is 0.595. The number of benzene rings is 2. The van der Waals surface area contributed by atoms with Crippen LogP contribution < -0.4 is 0 Å². The lowest BCUT2D eigenvalue weighted by atomic mass is 10.0. The molecule has 0 aliphatic rings. The number of aromatic nitrogens is 2. The summed E-state index contributed by atoms with van der Waals surface area (Å²) in [6, 6.07) is 13.7. The van der Waals surface area contributed by atoms with Gasteiger partial charge in [-0.25, -0.2) is 13.4 Å². The molecule has 4 rings (SSSR count). The number of imidazole rings is 1. The highest BCUT2D eigenvalue weighted by molar-refractivity contribution is 7.90. The third-order valence-corrected chi connectivity index (χ3v) is 5.78. The van der Waals surface area contributed by atoms with Crippen molar-refractivity contribution < 1.29 is 13.5 Å². The first-order valence-corrected chi connectivity index (χ1v) is 10.3. The van der Waals surface area contributed by atoms with Crippen LogP contribution in [0.25, 0.3) is 27.5 Å². The number of rotatable bonds is 3. The lowest BCUT2D eigenvalue weighted by Crippen LogP contribution is -1.97. The summed E-state index contributed by atoms with van der Waals surface area (Å²) in [5, 5.41) is 11.7. The normalized spacial score (nSPS) is 11.9. The van der Waals surface area contributed by atoms with Gasteiger partial charge in [-0.3, -0.25) is 4.40 Å². The second-order valence-electron chi connectivity index (χ2n) is 5.71. The van der Waals surface area contributed by atoms with E-state index in [-0.39, 0.29) is 10.6 Å². The molecule has 5 nitrogen and oxygen atoms in total. The van der Waals surface area contributed by atoms with Crippen molar-refractivity contribution in [1.29, 1.82) is 0 Å². The Labute approximate surface area is 148 Å². The van der Waals surface area contributed by atoms with Crippen LogP contribution in [0.2, 0.25) is 0 Å². The predicted molar refractivity (Wildman–Crippen MR) is 98.7 cm³/mol. The summed E-state index contributed by atoms with van der Waals surface area (Å²) >= 11 is 1.50. The van der Waals surface area contributed by atoms with Crippen LogP contribution in [-0.2, 0) is 9.84 Å². The van der Waals surface area contributed by atoms with Crippen molar-refractivity contribution >= 4 is 26.1 Å². The predicted octanol–water partition coefficient (Wildman–Crippen LogP) is 3.84. The molecular formula is C18H14N2O3S2. The molecule has 0 unspecified atom stereocenters. The Morgan fingerprint density at radius 1 is 1.08 bits per heavy atom. The molecular weight excluding hydrogens is 356 g/mol. The first kappa shape index (κ1) is 15.9. The standard InChI is InChI=1S/C18H14N2O3S2/c1-25(22,23)15-7-3-5-13(11-15)17-16(12-4-2-6-14(21)10-12)19-18-20(17)8-9-24-18/h2-11,21H,1H3. The lowest BCUT2D eigenvalue weighted by Gasteiger charge is -2.07. The van der Waals surface area contributed by atoms with Crippen LogP contribution in [-0.4, -0.2) is 29.2 Å². The van der Waals surface area contributed by atoms with Crippen molar-refractivity contribution in [3.63, 3.8) is 0 Å². The molecule has 0 saturated carbocycles. The molecule has 4 aromatic rings. The molecule has 2 aromatic carbocycles. The number of sulfone groups is 1. The molecule has 2 aromatic heterocycles. The van der Waals surface area contributed by atoms with E-state index in [1.165, 1.54) is 17.6 Å². The van der Waals surface area contributed by atoms with E-state index in [9.17, 15) is 13.5 Å². The van der Waals surface area contributed by atoms with Gasteiger partial charge in [0.15, 0.2) is 14.8 Å². The Hall–Kier alpha value is -2.64. The number of aromatic hydroxyl groups is 1. The molecule has 0 aliphatic carbocycles. The number of nitrogens with zero attached hydrogens (tertiary/aromatic N) is 2. The summed E-state index contributed by atoms with van der Waals surface area (Å²) in [6.45, 7) is 0. The minimum absolute atomic E-state index is 0.157. The van der Waals surface area contributed by atoms with Gasteiger partial charge in [-0.15, -0.1) is 11.3 Å². The van der Waals surface area contributed by atoms with Crippen LogP contribution in [0.5, 0.6) is 5.75 Å². The van der Waals surface area contributed by atoms with Gasteiger partial charge in [-0.1, -0.05) is 24.3 Å².